The Labute approximate surface area is 696 Å². The number of hydrogen-bond acceptors (Lipinski definition) is 14. The van der Waals surface area contributed by atoms with E-state index in [1.165, 1.54) is 50.7 Å². The molecule has 5 saturated heterocycles. The van der Waals surface area contributed by atoms with Gasteiger partial charge in [-0.15, -0.1) is 0 Å². The lowest BCUT2D eigenvalue weighted by Crippen LogP contribution is -2.34. The molecule has 0 N–H and O–H groups in total. The van der Waals surface area contributed by atoms with Crippen LogP contribution in [0.4, 0.5) is 22.7 Å². The number of piperidine rings is 4. The normalized spacial score (nSPS) is 15.4. The predicted octanol–water partition coefficient (Wildman–Crippen LogP) is 19.1. The molecule has 12 heterocycles. The maximum absolute atomic E-state index is 13.5. The Morgan fingerprint density at radius 1 is 0.398 bits per heavy atom. The largest absolute Gasteiger partial charge is 0.342 e. The molecule has 118 heavy (non-hydrogen) atoms. The lowest BCUT2D eigenvalue weighted by molar-refractivity contribution is -0.384. The first-order chi connectivity index (χ1) is 57.4. The van der Waals surface area contributed by atoms with Gasteiger partial charge in [-0.1, -0.05) is 80.3 Å². The summed E-state index contributed by atoms with van der Waals surface area (Å²) in [6, 6.07) is 44.5. The number of hydrogen-bond donors (Lipinski definition) is 0. The molecule has 5 fully saturated rings. The molecule has 24 heteroatoms. The summed E-state index contributed by atoms with van der Waals surface area (Å²) in [5.41, 5.74) is 18.3. The molecule has 5 aliphatic heterocycles. The average Bonchev–Trinajstić information content (AvgIpc) is 1.61. The second-order valence-corrected chi connectivity index (χ2v) is 32.2. The summed E-state index contributed by atoms with van der Waals surface area (Å²) in [5.74, 6) is 0.599. The third-order valence-electron chi connectivity index (χ3n) is 23.4. The Morgan fingerprint density at radius 3 is 1.15 bits per heavy atom. The number of Topliss-reactive ketones (excluding diaryl/α,β-unsaturated/α-hetero) is 4. The Balaban J connectivity index is 0.000000130. The summed E-state index contributed by atoms with van der Waals surface area (Å²) in [4.78, 5) is 112. The molecule has 0 radical (unpaired) electrons. The maximum Gasteiger partial charge on any atom is 0.269 e. The summed E-state index contributed by atoms with van der Waals surface area (Å²) in [6.45, 7) is 40.6. The molecule has 17 rings (SSSR count). The lowest BCUT2D eigenvalue weighted by Gasteiger charge is -2.25. The minimum atomic E-state index is -0.405. The number of likely N-dealkylation sites (tertiary alicyclic amines) is 5. The number of benzene rings is 5. The van der Waals surface area contributed by atoms with Gasteiger partial charge in [0.1, 0.15) is 0 Å². The van der Waals surface area contributed by atoms with Crippen LogP contribution in [0, 0.1) is 57.5 Å². The zero-order valence-corrected chi connectivity index (χ0v) is 69.1. The number of ketones is 4. The number of nitro benzene ring substituents is 1. The van der Waals surface area contributed by atoms with E-state index in [2.05, 4.69) is 69.2 Å². The van der Waals surface area contributed by atoms with Crippen LogP contribution in [0.25, 0.3) is 81.3 Å². The predicted molar refractivity (Wildman–Crippen MR) is 467 cm³/mol. The number of carbonyl (C=O) groups excluding carboxylic acids is 5. The smallest absolute Gasteiger partial charge is 0.269 e. The van der Waals surface area contributed by atoms with Gasteiger partial charge < -0.3 is 23.2 Å². The Morgan fingerprint density at radius 2 is 0.737 bits per heavy atom. The average molecular weight is 1640 g/mol. The number of fused-ring (bicyclic) bond motifs is 4. The van der Waals surface area contributed by atoms with Gasteiger partial charge in [-0.05, 0) is 245 Å². The van der Waals surface area contributed by atoms with Crippen LogP contribution in [0.2, 0.25) is 0 Å². The first-order valence-electron chi connectivity index (χ1n) is 41.1. The molecule has 0 saturated carbocycles. The van der Waals surface area contributed by atoms with Gasteiger partial charge in [-0.2, -0.15) is 0 Å². The van der Waals surface area contributed by atoms with E-state index in [9.17, 15) is 34.1 Å². The van der Waals surface area contributed by atoms with Crippen LogP contribution in [0.5, 0.6) is 0 Å². The van der Waals surface area contributed by atoms with Crippen molar-refractivity contribution in [1.82, 2.24) is 57.7 Å². The van der Waals surface area contributed by atoms with Crippen LogP contribution < -0.4 is 0 Å². The molecule has 5 aromatic carbocycles. The van der Waals surface area contributed by atoms with Gasteiger partial charge in [0.2, 0.25) is 5.91 Å². The summed E-state index contributed by atoms with van der Waals surface area (Å²) in [5, 5.41) is 11.9. The van der Waals surface area contributed by atoms with Gasteiger partial charge in [0.05, 0.1) is 113 Å². The molecule has 0 unspecified atom stereocenters. The first-order valence-corrected chi connectivity index (χ1v) is 41.9. The summed E-state index contributed by atoms with van der Waals surface area (Å²) >= 11 is 3.50. The molecule has 0 atom stereocenters. The number of rotatable bonds is 19. The van der Waals surface area contributed by atoms with E-state index in [1.807, 2.05) is 127 Å². The van der Waals surface area contributed by atoms with E-state index in [0.29, 0.717) is 71.9 Å². The number of nitro groups is 1. The lowest BCUT2D eigenvalue weighted by atomic mass is 10.0. The summed E-state index contributed by atoms with van der Waals surface area (Å²) in [6.07, 6.45) is 21.9. The third kappa shape index (κ3) is 18.4. The highest BCUT2D eigenvalue weighted by atomic mass is 79.9. The van der Waals surface area contributed by atoms with Crippen molar-refractivity contribution in [3.63, 3.8) is 0 Å². The standard InChI is InChI=1S/C28H31N5O2.C22H21BrN4O.C22H22N4O.C22H23N3O3/c1-20-27(25(34)19-31-12-4-3-5-13-31)28-24(33(20)23-10-8-22(29-2)9-11-23)16-21(18-30-28)17-26(35)32-14-6-7-15-32;1-15-21(20(28)14-26-10-4-3-5-11-26)22-19(12-16(23)13-25-22)27(15)18-8-6-17(24-2)7-9-18;1-16-21(20(27)15-25-13-4-3-5-14-25)22-19(7-6-12-24-22)26(16)18-10-8-17(23-2)9-11-18;1-16-22(21(26)15-23-13-5-2-6-14-23)19-7-3-4-8-20(19)24(16)17-9-11-18(12-10-17)25(27)28/h8-11,16,18H,3-7,12-15,17,19H2,1H3;6-9,12-13H,3-5,10-11,14H2,1H3;6-12H,3-5,13-15H2,1H3;3-4,7-12H,2,5-6,13-15H2,1H3. The van der Waals surface area contributed by atoms with Gasteiger partial charge in [0, 0.05) is 105 Å². The number of aromatic nitrogens is 7. The highest BCUT2D eigenvalue weighted by Crippen LogP contribution is 2.37. The maximum atomic E-state index is 13.5. The van der Waals surface area contributed by atoms with E-state index in [-0.39, 0.29) is 34.7 Å². The molecule has 0 bridgehead atoms. The summed E-state index contributed by atoms with van der Waals surface area (Å²) < 4.78 is 9.06. The van der Waals surface area contributed by atoms with Crippen molar-refractivity contribution < 1.29 is 28.9 Å². The number of pyridine rings is 3. The molecule has 0 spiro atoms. The Hall–Kier alpha value is -12.0. The van der Waals surface area contributed by atoms with Crippen LogP contribution in [-0.4, -0.2) is 183 Å². The Bertz CT molecular complexity index is 5850. The topological polar surface area (TPSA) is 216 Å². The van der Waals surface area contributed by atoms with Crippen molar-refractivity contribution in [3.05, 3.63) is 264 Å². The van der Waals surface area contributed by atoms with Gasteiger partial charge in [-0.25, -0.2) is 14.5 Å². The second kappa shape index (κ2) is 38.0. The molecule has 5 aliphatic rings. The number of para-hydroxylation sites is 1. The van der Waals surface area contributed by atoms with Crippen LogP contribution in [-0.2, 0) is 11.2 Å². The van der Waals surface area contributed by atoms with Crippen molar-refractivity contribution in [2.75, 3.05) is 91.6 Å². The van der Waals surface area contributed by atoms with Gasteiger partial charge in [0.15, 0.2) is 40.2 Å². The number of halogens is 1. The fourth-order valence-corrected chi connectivity index (χ4v) is 17.9. The molecule has 23 nitrogen and oxygen atoms in total. The van der Waals surface area contributed by atoms with E-state index in [0.717, 1.165) is 216 Å². The molecule has 1 amide bonds. The molecule has 0 aliphatic carbocycles. The minimum Gasteiger partial charge on any atom is -0.342 e. The SMILES string of the molecule is Cc1c(C(=O)CN2CCCCC2)c2ccccc2n1-c1ccc([N+](=O)[O-])cc1.[C-]#[N+]c1ccc(-n2c(C)c(C(=O)CN3CCCCC3)c3ncc(Br)cc32)cc1.[C-]#[N+]c1ccc(-n2c(C)c(C(=O)CN3CCCCC3)c3ncc(CC(=O)N4CCCC4)cc32)cc1.[C-]#[N+]c1ccc(-n2c(C)c(C(=O)CN3CCCCC3)c3ncccc32)cc1. The van der Waals surface area contributed by atoms with E-state index < -0.39 is 4.92 Å². The zero-order valence-electron chi connectivity index (χ0n) is 67.5. The van der Waals surface area contributed by atoms with Crippen LogP contribution >= 0.6 is 15.9 Å². The van der Waals surface area contributed by atoms with Crippen LogP contribution in [0.1, 0.15) is 160 Å². The monoisotopic (exact) mass is 1640 g/mol. The van der Waals surface area contributed by atoms with Crippen molar-refractivity contribution in [2.24, 2.45) is 0 Å². The number of non-ortho nitro benzene ring substituents is 1. The highest BCUT2D eigenvalue weighted by Gasteiger charge is 2.31. The van der Waals surface area contributed by atoms with Crippen molar-refractivity contribution in [1.29, 1.82) is 0 Å². The first kappa shape index (κ1) is 82.6. The van der Waals surface area contributed by atoms with E-state index in [4.69, 9.17) is 24.7 Å². The Kier molecular flexibility index (Phi) is 26.6. The highest BCUT2D eigenvalue weighted by molar-refractivity contribution is 9.10. The fourth-order valence-electron chi connectivity index (χ4n) is 17.6. The zero-order chi connectivity index (χ0) is 82.5. The quantitative estimate of drug-likeness (QED) is 0.0319. The molecule has 602 valence electrons. The van der Waals surface area contributed by atoms with Gasteiger partial charge in [0.25, 0.3) is 5.69 Å². The van der Waals surface area contributed by atoms with Crippen molar-refractivity contribution in [3.8, 4) is 22.7 Å². The molecule has 7 aromatic heterocycles. The van der Waals surface area contributed by atoms with Gasteiger partial charge in [-0.3, -0.25) is 68.6 Å². The second-order valence-electron chi connectivity index (χ2n) is 31.3. The van der Waals surface area contributed by atoms with E-state index in [1.54, 1.807) is 67.1 Å². The van der Waals surface area contributed by atoms with Gasteiger partial charge >= 0.3 is 0 Å². The fraction of sp³-hybridized carbons (Fsp3) is 0.351. The van der Waals surface area contributed by atoms with E-state index >= 15 is 0 Å². The number of carbonyl (C=O) groups is 5. The molecular weight excluding hydrogens is 1550 g/mol. The summed E-state index contributed by atoms with van der Waals surface area (Å²) in [7, 11) is 0. The number of nitrogens with zero attached hydrogens (tertiary/aromatic N) is 16. The molecule has 12 aromatic rings. The number of amides is 1. The van der Waals surface area contributed by atoms with Crippen LogP contribution in [0.3, 0.4) is 0 Å². The molecular formula is C94H97BrN16O7. The minimum absolute atomic E-state index is 0.0549. The van der Waals surface area contributed by atoms with Crippen LogP contribution in [0.15, 0.2) is 169 Å². The van der Waals surface area contributed by atoms with Crippen molar-refractivity contribution >= 4 is 112 Å². The van der Waals surface area contributed by atoms with Crippen molar-refractivity contribution in [2.45, 2.75) is 124 Å². The third-order valence-corrected chi connectivity index (χ3v) is 23.8.